The van der Waals surface area contributed by atoms with Gasteiger partial charge in [0.15, 0.2) is 0 Å². The van der Waals surface area contributed by atoms with Crippen LogP contribution in [0.3, 0.4) is 0 Å². The number of benzene rings is 3. The van der Waals surface area contributed by atoms with Gasteiger partial charge in [0, 0.05) is 16.7 Å². The van der Waals surface area contributed by atoms with Crippen LogP contribution in [-0.2, 0) is 0 Å². The van der Waals surface area contributed by atoms with Crippen LogP contribution >= 0.6 is 11.3 Å². The molecule has 3 aromatic carbocycles. The van der Waals surface area contributed by atoms with E-state index < -0.39 is 0 Å². The summed E-state index contributed by atoms with van der Waals surface area (Å²) < 4.78 is 17.8. The van der Waals surface area contributed by atoms with Crippen molar-refractivity contribution in [2.75, 3.05) is 21.3 Å². The van der Waals surface area contributed by atoms with E-state index in [1.807, 2.05) is 77.3 Å². The molecule has 0 aliphatic rings. The van der Waals surface area contributed by atoms with E-state index in [-0.39, 0.29) is 0 Å². The Morgan fingerprint density at radius 1 is 0.625 bits per heavy atom. The molecule has 32 heavy (non-hydrogen) atoms. The van der Waals surface area contributed by atoms with Gasteiger partial charge < -0.3 is 14.2 Å². The van der Waals surface area contributed by atoms with Crippen molar-refractivity contribution >= 4 is 16.3 Å². The van der Waals surface area contributed by atoms with Crippen molar-refractivity contribution in [2.45, 2.75) is 0 Å². The Kier molecular flexibility index (Phi) is 5.25. The van der Waals surface area contributed by atoms with E-state index in [4.69, 9.17) is 24.3 Å². The van der Waals surface area contributed by atoms with Crippen LogP contribution in [0.5, 0.6) is 17.2 Å². The summed E-state index contributed by atoms with van der Waals surface area (Å²) in [7, 11) is 4.99. The smallest absolute Gasteiger partial charge is 0.213 e. The van der Waals surface area contributed by atoms with Crippen molar-refractivity contribution in [1.82, 2.24) is 14.6 Å². The van der Waals surface area contributed by atoms with Gasteiger partial charge >= 0.3 is 0 Å². The van der Waals surface area contributed by atoms with Crippen molar-refractivity contribution in [2.24, 2.45) is 0 Å². The Morgan fingerprint density at radius 3 is 1.59 bits per heavy atom. The van der Waals surface area contributed by atoms with E-state index in [0.29, 0.717) is 0 Å². The summed E-state index contributed by atoms with van der Waals surface area (Å²) in [5.41, 5.74) is 4.84. The average molecular weight is 444 g/mol. The molecular weight excluding hydrogens is 422 g/mol. The minimum Gasteiger partial charge on any atom is -0.497 e. The lowest BCUT2D eigenvalue weighted by Gasteiger charge is -2.07. The first-order valence-electron chi connectivity index (χ1n) is 10.0. The first-order chi connectivity index (χ1) is 15.7. The van der Waals surface area contributed by atoms with Crippen molar-refractivity contribution in [3.63, 3.8) is 0 Å². The monoisotopic (exact) mass is 443 g/mol. The van der Waals surface area contributed by atoms with Crippen molar-refractivity contribution in [1.29, 1.82) is 0 Å². The van der Waals surface area contributed by atoms with Gasteiger partial charge in [0.2, 0.25) is 4.96 Å². The summed E-state index contributed by atoms with van der Waals surface area (Å²) in [4.78, 5) is 5.79. The molecule has 0 saturated carbocycles. The second kappa shape index (κ2) is 8.36. The number of ether oxygens (including phenoxy) is 3. The number of imidazole rings is 1. The maximum atomic E-state index is 5.34. The maximum Gasteiger partial charge on any atom is 0.213 e. The van der Waals surface area contributed by atoms with Crippen LogP contribution in [0.1, 0.15) is 0 Å². The predicted octanol–water partition coefficient (Wildman–Crippen LogP) is 5.82. The third-order valence-corrected chi connectivity index (χ3v) is 6.22. The fraction of sp³-hybridized carbons (Fsp3) is 0.120. The molecule has 7 heteroatoms. The standard InChI is InChI=1S/C25H21N3O3S/c1-29-19-10-4-16(5-11-19)22-23(17-6-12-20(30-2)13-7-17)28-25(26-22)32-24(27-28)18-8-14-21(31-3)15-9-18/h4-15H,1-3H3. The first-order valence-corrected chi connectivity index (χ1v) is 10.8. The van der Waals surface area contributed by atoms with Gasteiger partial charge in [-0.2, -0.15) is 5.10 Å². The lowest BCUT2D eigenvalue weighted by atomic mass is 10.0. The van der Waals surface area contributed by atoms with Crippen LogP contribution < -0.4 is 14.2 Å². The van der Waals surface area contributed by atoms with Gasteiger partial charge in [0.25, 0.3) is 0 Å². The quantitative estimate of drug-likeness (QED) is 0.331. The van der Waals surface area contributed by atoms with Gasteiger partial charge in [-0.05, 0) is 72.8 Å². The zero-order chi connectivity index (χ0) is 22.1. The molecule has 0 spiro atoms. The van der Waals surface area contributed by atoms with Crippen LogP contribution in [-0.4, -0.2) is 35.9 Å². The maximum absolute atomic E-state index is 5.34. The molecule has 0 amide bonds. The van der Waals surface area contributed by atoms with E-state index in [0.717, 1.165) is 55.3 Å². The minimum atomic E-state index is 0.803. The molecule has 6 nitrogen and oxygen atoms in total. The Bertz CT molecular complexity index is 1360. The largest absolute Gasteiger partial charge is 0.497 e. The number of fused-ring (bicyclic) bond motifs is 1. The summed E-state index contributed by atoms with van der Waals surface area (Å²) in [6.45, 7) is 0. The highest BCUT2D eigenvalue weighted by atomic mass is 32.1. The third-order valence-electron chi connectivity index (χ3n) is 5.27. The summed E-state index contributed by atoms with van der Waals surface area (Å²) >= 11 is 1.55. The predicted molar refractivity (Wildman–Crippen MR) is 127 cm³/mol. The highest BCUT2D eigenvalue weighted by Gasteiger charge is 2.20. The number of hydrogen-bond acceptors (Lipinski definition) is 6. The lowest BCUT2D eigenvalue weighted by Crippen LogP contribution is -1.92. The molecule has 160 valence electrons. The summed E-state index contributed by atoms with van der Waals surface area (Å²) in [5.74, 6) is 2.43. The fourth-order valence-electron chi connectivity index (χ4n) is 3.56. The molecule has 0 atom stereocenters. The summed E-state index contributed by atoms with van der Waals surface area (Å²) in [6.07, 6.45) is 0. The summed E-state index contributed by atoms with van der Waals surface area (Å²) in [6, 6.07) is 23.8. The minimum absolute atomic E-state index is 0.803. The Balaban J connectivity index is 1.67. The Labute approximate surface area is 189 Å². The zero-order valence-corrected chi connectivity index (χ0v) is 18.7. The molecule has 2 aromatic heterocycles. The summed E-state index contributed by atoms with van der Waals surface area (Å²) in [5, 5.41) is 5.81. The van der Waals surface area contributed by atoms with Crippen LogP contribution in [0.15, 0.2) is 72.8 Å². The van der Waals surface area contributed by atoms with E-state index in [9.17, 15) is 0 Å². The van der Waals surface area contributed by atoms with Crippen molar-refractivity contribution in [3.05, 3.63) is 72.8 Å². The molecule has 0 fully saturated rings. The first kappa shape index (κ1) is 20.1. The van der Waals surface area contributed by atoms with E-state index in [1.54, 1.807) is 32.7 Å². The molecule has 0 unspecified atom stereocenters. The highest BCUT2D eigenvalue weighted by Crippen LogP contribution is 2.37. The normalized spacial score (nSPS) is 11.0. The molecule has 5 aromatic rings. The number of nitrogens with zero attached hydrogens (tertiary/aromatic N) is 3. The van der Waals surface area contributed by atoms with Crippen molar-refractivity contribution < 1.29 is 14.2 Å². The van der Waals surface area contributed by atoms with Gasteiger partial charge in [0.05, 0.1) is 21.3 Å². The van der Waals surface area contributed by atoms with Crippen LogP contribution in [0.25, 0.3) is 38.0 Å². The Morgan fingerprint density at radius 2 is 1.09 bits per heavy atom. The third kappa shape index (κ3) is 3.56. The van der Waals surface area contributed by atoms with Gasteiger partial charge in [0.1, 0.15) is 33.6 Å². The molecule has 0 radical (unpaired) electrons. The molecule has 0 bridgehead atoms. The van der Waals surface area contributed by atoms with Crippen LogP contribution in [0.4, 0.5) is 0 Å². The molecule has 0 aliphatic carbocycles. The van der Waals surface area contributed by atoms with Gasteiger partial charge in [-0.3, -0.25) is 0 Å². The van der Waals surface area contributed by atoms with E-state index in [2.05, 4.69) is 0 Å². The SMILES string of the molecule is COc1ccc(-c2nn3c(-c4ccc(OC)cc4)c(-c4ccc(OC)cc4)nc3s2)cc1. The molecule has 2 heterocycles. The fourth-order valence-corrected chi connectivity index (χ4v) is 4.46. The van der Waals surface area contributed by atoms with E-state index in [1.165, 1.54) is 0 Å². The molecular formula is C25H21N3O3S. The van der Waals surface area contributed by atoms with Crippen LogP contribution in [0.2, 0.25) is 0 Å². The van der Waals surface area contributed by atoms with Gasteiger partial charge in [-0.15, -0.1) is 0 Å². The molecule has 0 N–H and O–H groups in total. The molecule has 5 rings (SSSR count). The number of aromatic nitrogens is 3. The van der Waals surface area contributed by atoms with Gasteiger partial charge in [-0.1, -0.05) is 11.3 Å². The highest BCUT2D eigenvalue weighted by molar-refractivity contribution is 7.19. The zero-order valence-electron chi connectivity index (χ0n) is 17.9. The molecule has 0 aliphatic heterocycles. The number of hydrogen-bond donors (Lipinski definition) is 0. The van der Waals surface area contributed by atoms with Gasteiger partial charge in [-0.25, -0.2) is 9.50 Å². The second-order valence-electron chi connectivity index (χ2n) is 7.10. The Hall–Kier alpha value is -3.84. The molecule has 0 saturated heterocycles. The van der Waals surface area contributed by atoms with Crippen LogP contribution in [0, 0.1) is 0 Å². The topological polar surface area (TPSA) is 57.9 Å². The number of methoxy groups -OCH3 is 3. The average Bonchev–Trinajstić information content (AvgIpc) is 3.42. The van der Waals surface area contributed by atoms with Crippen molar-refractivity contribution in [3.8, 4) is 50.3 Å². The number of rotatable bonds is 6. The lowest BCUT2D eigenvalue weighted by molar-refractivity contribution is 0.414. The second-order valence-corrected chi connectivity index (χ2v) is 8.05. The van der Waals surface area contributed by atoms with E-state index >= 15 is 0 Å².